The van der Waals surface area contributed by atoms with Gasteiger partial charge in [-0.05, 0) is 35.9 Å². The molecule has 0 saturated carbocycles. The van der Waals surface area contributed by atoms with Crippen LogP contribution in [-0.4, -0.2) is 26.0 Å². The molecule has 0 saturated heterocycles. The van der Waals surface area contributed by atoms with Crippen LogP contribution in [0.15, 0.2) is 54.2 Å². The molecule has 0 aliphatic carbocycles. The number of benzene rings is 2. The van der Waals surface area contributed by atoms with Gasteiger partial charge in [-0.15, -0.1) is 0 Å². The lowest BCUT2D eigenvalue weighted by atomic mass is 9.95. The molecule has 0 radical (unpaired) electrons. The van der Waals surface area contributed by atoms with Crippen molar-refractivity contribution in [2.24, 2.45) is 5.41 Å². The third-order valence-corrected chi connectivity index (χ3v) is 3.92. The molecule has 0 aromatic heterocycles. The van der Waals surface area contributed by atoms with E-state index in [0.717, 1.165) is 0 Å². The first-order chi connectivity index (χ1) is 13.2. The summed E-state index contributed by atoms with van der Waals surface area (Å²) in [6, 6.07) is 14.3. The lowest BCUT2D eigenvalue weighted by Crippen LogP contribution is -2.38. The third-order valence-electron chi connectivity index (χ3n) is 3.92. The molecule has 2 N–H and O–H groups in total. The minimum Gasteiger partial charge on any atom is -0.493 e. The molecule has 0 aliphatic heterocycles. The molecule has 0 bridgehead atoms. The van der Waals surface area contributed by atoms with Crippen LogP contribution in [0.1, 0.15) is 26.3 Å². The topological polar surface area (TPSA) is 76.7 Å². The maximum absolute atomic E-state index is 12.8. The number of amides is 2. The largest absolute Gasteiger partial charge is 0.493 e. The van der Waals surface area contributed by atoms with Crippen LogP contribution in [0.2, 0.25) is 0 Å². The molecule has 0 fully saturated rings. The lowest BCUT2D eigenvalue weighted by molar-refractivity contribution is -0.128. The van der Waals surface area contributed by atoms with E-state index in [9.17, 15) is 9.59 Å². The van der Waals surface area contributed by atoms with Crippen LogP contribution >= 0.6 is 0 Å². The summed E-state index contributed by atoms with van der Waals surface area (Å²) in [4.78, 5) is 25.3. The van der Waals surface area contributed by atoms with Crippen molar-refractivity contribution in [3.63, 3.8) is 0 Å². The van der Waals surface area contributed by atoms with E-state index in [0.29, 0.717) is 22.7 Å². The van der Waals surface area contributed by atoms with E-state index in [4.69, 9.17) is 9.47 Å². The zero-order valence-electron chi connectivity index (χ0n) is 16.8. The second-order valence-electron chi connectivity index (χ2n) is 7.20. The molecule has 0 aliphatic rings. The Bertz CT molecular complexity index is 868. The number of hydrogen-bond acceptors (Lipinski definition) is 4. The number of carbonyl (C=O) groups is 2. The predicted octanol–water partition coefficient (Wildman–Crippen LogP) is 3.85. The molecule has 148 valence electrons. The van der Waals surface area contributed by atoms with Gasteiger partial charge in [-0.3, -0.25) is 9.59 Å². The van der Waals surface area contributed by atoms with Crippen molar-refractivity contribution in [1.82, 2.24) is 5.32 Å². The van der Waals surface area contributed by atoms with Crippen molar-refractivity contribution in [3.8, 4) is 11.5 Å². The normalized spacial score (nSPS) is 11.5. The van der Waals surface area contributed by atoms with Crippen LogP contribution in [0.5, 0.6) is 11.5 Å². The third kappa shape index (κ3) is 5.61. The number of nitrogens with one attached hydrogen (secondary N) is 2. The van der Waals surface area contributed by atoms with E-state index in [-0.39, 0.29) is 11.6 Å². The summed E-state index contributed by atoms with van der Waals surface area (Å²) in [5.74, 6) is 0.427. The van der Waals surface area contributed by atoms with Crippen molar-refractivity contribution < 1.29 is 19.1 Å². The highest BCUT2D eigenvalue weighted by molar-refractivity contribution is 6.09. The predicted molar refractivity (Wildman–Crippen MR) is 110 cm³/mol. The van der Waals surface area contributed by atoms with Gasteiger partial charge in [0.15, 0.2) is 11.5 Å². The van der Waals surface area contributed by atoms with Crippen LogP contribution in [0, 0.1) is 5.41 Å². The maximum atomic E-state index is 12.8. The highest BCUT2D eigenvalue weighted by atomic mass is 16.5. The van der Waals surface area contributed by atoms with Crippen molar-refractivity contribution in [2.75, 3.05) is 19.5 Å². The Morgan fingerprint density at radius 1 is 0.929 bits per heavy atom. The maximum Gasteiger partial charge on any atom is 0.272 e. The SMILES string of the molecule is COc1ccc(/C=C(/NC(=O)C(C)(C)C)C(=O)Nc2ccccc2)cc1OC. The van der Waals surface area contributed by atoms with Gasteiger partial charge in [0.25, 0.3) is 5.91 Å². The molecule has 0 atom stereocenters. The van der Waals surface area contributed by atoms with Crippen LogP contribution < -0.4 is 20.1 Å². The van der Waals surface area contributed by atoms with Crippen LogP contribution in [0.4, 0.5) is 5.69 Å². The van der Waals surface area contributed by atoms with Crippen LogP contribution in [-0.2, 0) is 9.59 Å². The van der Waals surface area contributed by atoms with Gasteiger partial charge in [0.1, 0.15) is 5.70 Å². The van der Waals surface area contributed by atoms with Gasteiger partial charge < -0.3 is 20.1 Å². The van der Waals surface area contributed by atoms with Crippen molar-refractivity contribution in [2.45, 2.75) is 20.8 Å². The summed E-state index contributed by atoms with van der Waals surface area (Å²) in [5, 5.41) is 5.52. The highest BCUT2D eigenvalue weighted by Gasteiger charge is 2.24. The molecule has 0 heterocycles. The molecule has 6 nitrogen and oxygen atoms in total. The van der Waals surface area contributed by atoms with Crippen molar-refractivity contribution in [1.29, 1.82) is 0 Å². The lowest BCUT2D eigenvalue weighted by Gasteiger charge is -2.19. The molecule has 28 heavy (non-hydrogen) atoms. The van der Waals surface area contributed by atoms with E-state index in [1.807, 2.05) is 18.2 Å². The molecule has 6 heteroatoms. The fourth-order valence-corrected chi connectivity index (χ4v) is 2.30. The first-order valence-corrected chi connectivity index (χ1v) is 8.86. The Morgan fingerprint density at radius 2 is 1.57 bits per heavy atom. The molecular weight excluding hydrogens is 356 g/mol. The first-order valence-electron chi connectivity index (χ1n) is 8.86. The van der Waals surface area contributed by atoms with E-state index >= 15 is 0 Å². The smallest absolute Gasteiger partial charge is 0.272 e. The average molecular weight is 382 g/mol. The van der Waals surface area contributed by atoms with Crippen molar-refractivity contribution >= 4 is 23.6 Å². The fraction of sp³-hybridized carbons (Fsp3) is 0.273. The number of ether oxygens (including phenoxy) is 2. The van der Waals surface area contributed by atoms with Gasteiger partial charge in [0.05, 0.1) is 14.2 Å². The zero-order valence-corrected chi connectivity index (χ0v) is 16.8. The first kappa shape index (κ1) is 21.0. The van der Waals surface area contributed by atoms with Gasteiger partial charge in [0, 0.05) is 11.1 Å². The Labute approximate surface area is 165 Å². The molecular formula is C22H26N2O4. The van der Waals surface area contributed by atoms with E-state index < -0.39 is 11.3 Å². The summed E-state index contributed by atoms with van der Waals surface area (Å²) < 4.78 is 10.5. The molecule has 0 spiro atoms. The Hall–Kier alpha value is -3.28. The van der Waals surface area contributed by atoms with Crippen LogP contribution in [0.25, 0.3) is 6.08 Å². The van der Waals surface area contributed by atoms with Gasteiger partial charge in [-0.2, -0.15) is 0 Å². The fourth-order valence-electron chi connectivity index (χ4n) is 2.30. The van der Waals surface area contributed by atoms with Crippen molar-refractivity contribution in [3.05, 3.63) is 59.8 Å². The second kappa shape index (κ2) is 9.08. The van der Waals surface area contributed by atoms with E-state index in [2.05, 4.69) is 10.6 Å². The Kier molecular flexibility index (Phi) is 6.82. The molecule has 0 unspecified atom stereocenters. The highest BCUT2D eigenvalue weighted by Crippen LogP contribution is 2.28. The summed E-state index contributed by atoms with van der Waals surface area (Å²) >= 11 is 0. The standard InChI is InChI=1S/C22H26N2O4/c1-22(2,3)21(26)24-17(20(25)23-16-9-7-6-8-10-16)13-15-11-12-18(27-4)19(14-15)28-5/h6-14H,1-5H3,(H,23,25)(H,24,26)/b17-13+. The number of carbonyl (C=O) groups excluding carboxylic acids is 2. The van der Waals surface area contributed by atoms with E-state index in [1.54, 1.807) is 64.3 Å². The van der Waals surface area contributed by atoms with Crippen LogP contribution in [0.3, 0.4) is 0 Å². The quantitative estimate of drug-likeness (QED) is 0.744. The molecule has 2 amide bonds. The second-order valence-corrected chi connectivity index (χ2v) is 7.20. The van der Waals surface area contributed by atoms with E-state index in [1.165, 1.54) is 7.11 Å². The number of para-hydroxylation sites is 1. The van der Waals surface area contributed by atoms with Gasteiger partial charge in [-0.1, -0.05) is 45.0 Å². The van der Waals surface area contributed by atoms with Gasteiger partial charge >= 0.3 is 0 Å². The Balaban J connectivity index is 2.38. The number of hydrogen-bond donors (Lipinski definition) is 2. The summed E-state index contributed by atoms with van der Waals surface area (Å²) in [7, 11) is 3.09. The monoisotopic (exact) mass is 382 g/mol. The number of anilines is 1. The number of methoxy groups -OCH3 is 2. The summed E-state index contributed by atoms with van der Waals surface area (Å²) in [6.45, 7) is 5.35. The average Bonchev–Trinajstić information content (AvgIpc) is 2.67. The summed E-state index contributed by atoms with van der Waals surface area (Å²) in [6.07, 6.45) is 1.60. The van der Waals surface area contributed by atoms with Gasteiger partial charge in [0.2, 0.25) is 5.91 Å². The molecule has 2 rings (SSSR count). The minimum absolute atomic E-state index is 0.135. The molecule has 2 aromatic rings. The molecule has 2 aromatic carbocycles. The van der Waals surface area contributed by atoms with Gasteiger partial charge in [-0.25, -0.2) is 0 Å². The summed E-state index contributed by atoms with van der Waals surface area (Å²) in [5.41, 5.74) is 0.806. The minimum atomic E-state index is -0.649. The Morgan fingerprint density at radius 3 is 2.14 bits per heavy atom. The zero-order chi connectivity index (χ0) is 20.7. The number of rotatable bonds is 6.